The van der Waals surface area contributed by atoms with Gasteiger partial charge in [0.25, 0.3) is 0 Å². The highest BCUT2D eigenvalue weighted by Crippen LogP contribution is 2.24. The fraction of sp³-hybridized carbons (Fsp3) is 0.429. The van der Waals surface area contributed by atoms with Crippen LogP contribution in [-0.4, -0.2) is 23.9 Å². The minimum absolute atomic E-state index is 0.382. The molecule has 0 aliphatic carbocycles. The Labute approximate surface area is 116 Å². The summed E-state index contributed by atoms with van der Waals surface area (Å²) in [4.78, 5) is 42.7. The van der Waals surface area contributed by atoms with E-state index in [2.05, 4.69) is 9.47 Å². The fourth-order valence-corrected chi connectivity index (χ4v) is 1.71. The van der Waals surface area contributed by atoms with Crippen molar-refractivity contribution in [2.75, 3.05) is 0 Å². The Morgan fingerprint density at radius 1 is 0.850 bits per heavy atom. The molecule has 1 saturated heterocycles. The van der Waals surface area contributed by atoms with E-state index in [1.807, 2.05) is 0 Å². The summed E-state index contributed by atoms with van der Waals surface area (Å²) in [6.07, 6.45) is 0. The summed E-state index contributed by atoms with van der Waals surface area (Å²) in [5, 5.41) is 0. The van der Waals surface area contributed by atoms with Crippen molar-refractivity contribution in [2.24, 2.45) is 5.92 Å². The zero-order valence-electron chi connectivity index (χ0n) is 12.0. The van der Waals surface area contributed by atoms with Crippen LogP contribution in [0.15, 0.2) is 22.3 Å². The lowest BCUT2D eigenvalue weighted by atomic mass is 10.00. The Balaban J connectivity index is 0.000000204. The number of rotatable bonds is 0. The summed E-state index contributed by atoms with van der Waals surface area (Å²) in [7, 11) is 0. The van der Waals surface area contributed by atoms with E-state index in [-0.39, 0.29) is 5.92 Å². The van der Waals surface area contributed by atoms with Gasteiger partial charge in [-0.05, 0) is 34.6 Å². The first-order valence-electron chi connectivity index (χ1n) is 6.04. The topological polar surface area (TPSA) is 86.7 Å². The molecule has 2 rings (SSSR count). The molecule has 2 aliphatic rings. The van der Waals surface area contributed by atoms with Crippen LogP contribution in [0.5, 0.6) is 0 Å². The summed E-state index contributed by atoms with van der Waals surface area (Å²) in [6.45, 7) is 8.41. The van der Waals surface area contributed by atoms with Crippen molar-refractivity contribution in [1.29, 1.82) is 0 Å². The third-order valence-electron chi connectivity index (χ3n) is 3.10. The lowest BCUT2D eigenvalue weighted by molar-refractivity contribution is -0.153. The van der Waals surface area contributed by atoms with E-state index in [1.54, 1.807) is 34.6 Å². The van der Waals surface area contributed by atoms with Gasteiger partial charge in [0.05, 0.1) is 11.5 Å². The van der Waals surface area contributed by atoms with Gasteiger partial charge in [0.15, 0.2) is 0 Å². The Morgan fingerprint density at radius 2 is 1.30 bits per heavy atom. The van der Waals surface area contributed by atoms with Crippen LogP contribution < -0.4 is 0 Å². The van der Waals surface area contributed by atoms with Crippen molar-refractivity contribution in [3.05, 3.63) is 22.3 Å². The van der Waals surface area contributed by atoms with Crippen LogP contribution in [-0.2, 0) is 28.7 Å². The van der Waals surface area contributed by atoms with Crippen LogP contribution in [0.4, 0.5) is 0 Å². The maximum absolute atomic E-state index is 10.9. The number of ether oxygens (including phenoxy) is 2. The third-order valence-corrected chi connectivity index (χ3v) is 3.10. The van der Waals surface area contributed by atoms with E-state index in [1.165, 1.54) is 0 Å². The quantitative estimate of drug-likeness (QED) is 0.379. The Bertz CT molecular complexity index is 538. The van der Waals surface area contributed by atoms with E-state index >= 15 is 0 Å². The molecule has 0 N–H and O–H groups in total. The van der Waals surface area contributed by atoms with Crippen LogP contribution in [0.25, 0.3) is 0 Å². The summed E-state index contributed by atoms with van der Waals surface area (Å²) in [5.74, 6) is -2.34. The molecule has 0 radical (unpaired) electrons. The summed E-state index contributed by atoms with van der Waals surface area (Å²) in [5.41, 5.74) is 2.20. The molecule has 1 fully saturated rings. The Kier molecular flexibility index (Phi) is 4.60. The van der Waals surface area contributed by atoms with Gasteiger partial charge in [0.1, 0.15) is 0 Å². The number of hydrogen-bond acceptors (Lipinski definition) is 6. The molecule has 6 heteroatoms. The lowest BCUT2D eigenvalue weighted by Crippen LogP contribution is -2.04. The standard InChI is InChI=1S/C8H10O3.C6H6O3/c1-4(2)6-5(3)7(9)11-8(6)10;1-3-4(2)6(8)9-5(3)7/h5H,1-3H3;1-2H3. The number of allylic oxidation sites excluding steroid dienone is 1. The maximum atomic E-state index is 10.9. The predicted molar refractivity (Wildman–Crippen MR) is 68.1 cm³/mol. The van der Waals surface area contributed by atoms with Gasteiger partial charge in [0, 0.05) is 11.1 Å². The normalized spacial score (nSPS) is 21.6. The molecule has 6 nitrogen and oxygen atoms in total. The number of carbonyl (C=O) groups is 4. The van der Waals surface area contributed by atoms with Crippen molar-refractivity contribution in [3.8, 4) is 0 Å². The van der Waals surface area contributed by atoms with Gasteiger partial charge in [-0.25, -0.2) is 14.4 Å². The average molecular weight is 280 g/mol. The van der Waals surface area contributed by atoms with E-state index in [4.69, 9.17) is 0 Å². The van der Waals surface area contributed by atoms with Gasteiger partial charge in [0.2, 0.25) is 0 Å². The van der Waals surface area contributed by atoms with E-state index in [0.717, 1.165) is 5.57 Å². The van der Waals surface area contributed by atoms with Gasteiger partial charge in [-0.1, -0.05) is 5.57 Å². The molecular formula is C14H16O6. The second-order valence-electron chi connectivity index (χ2n) is 4.77. The molecule has 0 bridgehead atoms. The van der Waals surface area contributed by atoms with Crippen LogP contribution in [0.2, 0.25) is 0 Å². The first-order valence-corrected chi connectivity index (χ1v) is 6.04. The molecule has 0 spiro atoms. The zero-order chi connectivity index (χ0) is 15.6. The maximum Gasteiger partial charge on any atom is 0.342 e. The van der Waals surface area contributed by atoms with Gasteiger partial charge < -0.3 is 9.47 Å². The van der Waals surface area contributed by atoms with Crippen molar-refractivity contribution in [1.82, 2.24) is 0 Å². The van der Waals surface area contributed by atoms with Gasteiger partial charge >= 0.3 is 23.9 Å². The summed E-state index contributed by atoms with van der Waals surface area (Å²) in [6, 6.07) is 0. The van der Waals surface area contributed by atoms with Gasteiger partial charge in [-0.2, -0.15) is 0 Å². The molecule has 0 aromatic heterocycles. The summed E-state index contributed by atoms with van der Waals surface area (Å²) >= 11 is 0. The van der Waals surface area contributed by atoms with Crippen LogP contribution in [0.3, 0.4) is 0 Å². The molecular weight excluding hydrogens is 264 g/mol. The molecule has 108 valence electrons. The molecule has 2 aliphatic heterocycles. The molecule has 1 atom stereocenters. The minimum atomic E-state index is -0.516. The van der Waals surface area contributed by atoms with Crippen molar-refractivity contribution in [2.45, 2.75) is 34.6 Å². The van der Waals surface area contributed by atoms with Crippen LogP contribution in [0.1, 0.15) is 34.6 Å². The van der Waals surface area contributed by atoms with E-state index < -0.39 is 23.9 Å². The molecule has 0 amide bonds. The fourth-order valence-electron chi connectivity index (χ4n) is 1.71. The second-order valence-corrected chi connectivity index (χ2v) is 4.77. The van der Waals surface area contributed by atoms with Crippen molar-refractivity contribution < 1.29 is 28.7 Å². The molecule has 20 heavy (non-hydrogen) atoms. The van der Waals surface area contributed by atoms with Crippen molar-refractivity contribution >= 4 is 23.9 Å². The second kappa shape index (κ2) is 5.81. The molecule has 0 saturated carbocycles. The lowest BCUT2D eigenvalue weighted by Gasteiger charge is -1.97. The number of hydrogen-bond donors (Lipinski definition) is 0. The molecule has 1 unspecified atom stereocenters. The summed E-state index contributed by atoms with van der Waals surface area (Å²) < 4.78 is 8.65. The van der Waals surface area contributed by atoms with Crippen LogP contribution in [0, 0.1) is 5.92 Å². The highest BCUT2D eigenvalue weighted by molar-refractivity contribution is 6.11. The first-order chi connectivity index (χ1) is 9.16. The van der Waals surface area contributed by atoms with E-state index in [0.29, 0.717) is 16.7 Å². The first kappa shape index (κ1) is 15.8. The Hall–Kier alpha value is -2.24. The number of esters is 4. The smallest absolute Gasteiger partial charge is 0.342 e. The molecule has 2 heterocycles. The molecule has 0 aromatic carbocycles. The number of carbonyl (C=O) groups excluding carboxylic acids is 4. The minimum Gasteiger partial charge on any atom is -0.389 e. The van der Waals surface area contributed by atoms with Gasteiger partial charge in [-0.15, -0.1) is 0 Å². The van der Waals surface area contributed by atoms with Crippen molar-refractivity contribution in [3.63, 3.8) is 0 Å². The highest BCUT2D eigenvalue weighted by atomic mass is 16.6. The zero-order valence-corrected chi connectivity index (χ0v) is 12.0. The monoisotopic (exact) mass is 280 g/mol. The molecule has 0 aromatic rings. The van der Waals surface area contributed by atoms with E-state index in [9.17, 15) is 19.2 Å². The largest absolute Gasteiger partial charge is 0.389 e. The third kappa shape index (κ3) is 3.01. The highest BCUT2D eigenvalue weighted by Gasteiger charge is 2.36. The van der Waals surface area contributed by atoms with Gasteiger partial charge in [-0.3, -0.25) is 4.79 Å². The Morgan fingerprint density at radius 3 is 1.45 bits per heavy atom. The average Bonchev–Trinajstić information content (AvgIpc) is 2.72. The number of cyclic esters (lactones) is 4. The SMILES string of the molecule is CC(C)=C1C(=O)OC(=O)C1C.CC1=C(C)C(=O)OC1=O. The van der Waals surface area contributed by atoms with Crippen LogP contribution >= 0.6 is 0 Å². The predicted octanol–water partition coefficient (Wildman–Crippen LogP) is 1.45.